The van der Waals surface area contributed by atoms with Gasteiger partial charge in [-0.3, -0.25) is 4.79 Å². The van der Waals surface area contributed by atoms with Crippen LogP contribution in [0.15, 0.2) is 24.3 Å². The molecule has 1 aliphatic rings. The molecule has 0 saturated carbocycles. The quantitative estimate of drug-likeness (QED) is 0.785. The van der Waals surface area contributed by atoms with Gasteiger partial charge in [-0.1, -0.05) is 31.2 Å². The van der Waals surface area contributed by atoms with Gasteiger partial charge in [0.1, 0.15) is 0 Å². The number of carbonyl (C=O) groups excluding carboxylic acids is 1. The Morgan fingerprint density at radius 1 is 1.20 bits per heavy atom. The summed E-state index contributed by atoms with van der Waals surface area (Å²) in [5, 5.41) is 3.44. The summed E-state index contributed by atoms with van der Waals surface area (Å²) in [6.07, 6.45) is 3.92. The van der Waals surface area contributed by atoms with Crippen LogP contribution in [0.2, 0.25) is 0 Å². The zero-order valence-corrected chi connectivity index (χ0v) is 13.0. The standard InChI is InChI=1S/C16H24N2O.ClH/c1-2-14-6-8-15(9-7-14)13-17-10-4-12-18-11-3-5-16(18)19;/h6-9,17H,2-5,10-13H2,1H3;1H. The van der Waals surface area contributed by atoms with Crippen molar-refractivity contribution in [3.63, 3.8) is 0 Å². The van der Waals surface area contributed by atoms with Gasteiger partial charge in [0.15, 0.2) is 0 Å². The third-order valence-electron chi connectivity index (χ3n) is 3.71. The van der Waals surface area contributed by atoms with Crippen LogP contribution in [0.25, 0.3) is 0 Å². The van der Waals surface area contributed by atoms with Crippen LogP contribution in [0.4, 0.5) is 0 Å². The maximum absolute atomic E-state index is 11.4. The number of nitrogens with one attached hydrogen (secondary N) is 1. The number of benzene rings is 1. The maximum Gasteiger partial charge on any atom is 0.222 e. The molecule has 1 N–H and O–H groups in total. The van der Waals surface area contributed by atoms with Crippen molar-refractivity contribution in [2.24, 2.45) is 0 Å². The van der Waals surface area contributed by atoms with Crippen molar-refractivity contribution < 1.29 is 4.79 Å². The van der Waals surface area contributed by atoms with Crippen LogP contribution in [0.5, 0.6) is 0 Å². The molecule has 0 bridgehead atoms. The van der Waals surface area contributed by atoms with Crippen LogP contribution < -0.4 is 5.32 Å². The van der Waals surface area contributed by atoms with Gasteiger partial charge in [0.2, 0.25) is 5.91 Å². The number of rotatable bonds is 7. The maximum atomic E-state index is 11.4. The average molecular weight is 297 g/mol. The smallest absolute Gasteiger partial charge is 0.222 e. The number of halogens is 1. The minimum Gasteiger partial charge on any atom is -0.343 e. The lowest BCUT2D eigenvalue weighted by atomic mass is 10.1. The van der Waals surface area contributed by atoms with E-state index in [1.54, 1.807) is 0 Å². The monoisotopic (exact) mass is 296 g/mol. The molecular formula is C16H25ClN2O. The summed E-state index contributed by atoms with van der Waals surface area (Å²) in [6.45, 7) is 5.92. The molecule has 0 aromatic heterocycles. The summed E-state index contributed by atoms with van der Waals surface area (Å²) in [7, 11) is 0. The van der Waals surface area contributed by atoms with E-state index in [2.05, 4.69) is 36.5 Å². The number of amides is 1. The predicted octanol–water partition coefficient (Wildman–Crippen LogP) is 2.77. The predicted molar refractivity (Wildman–Crippen MR) is 85.2 cm³/mol. The van der Waals surface area contributed by atoms with Crippen LogP contribution in [-0.2, 0) is 17.8 Å². The van der Waals surface area contributed by atoms with Gasteiger partial charge < -0.3 is 10.2 Å². The van der Waals surface area contributed by atoms with Gasteiger partial charge in [-0.15, -0.1) is 12.4 Å². The number of nitrogens with zero attached hydrogens (tertiary/aromatic N) is 1. The lowest BCUT2D eigenvalue weighted by Gasteiger charge is -2.15. The largest absolute Gasteiger partial charge is 0.343 e. The lowest BCUT2D eigenvalue weighted by molar-refractivity contribution is -0.127. The molecule has 1 aliphatic heterocycles. The Morgan fingerprint density at radius 2 is 1.90 bits per heavy atom. The summed E-state index contributed by atoms with van der Waals surface area (Å²) in [5.74, 6) is 0.329. The second-order valence-corrected chi connectivity index (χ2v) is 5.18. The van der Waals surface area contributed by atoms with E-state index in [1.165, 1.54) is 11.1 Å². The van der Waals surface area contributed by atoms with E-state index in [0.717, 1.165) is 51.9 Å². The summed E-state index contributed by atoms with van der Waals surface area (Å²) < 4.78 is 0. The highest BCUT2D eigenvalue weighted by Crippen LogP contribution is 2.09. The molecule has 20 heavy (non-hydrogen) atoms. The molecule has 1 fully saturated rings. The average Bonchev–Trinajstić information content (AvgIpc) is 2.85. The first-order valence-electron chi connectivity index (χ1n) is 7.36. The highest BCUT2D eigenvalue weighted by molar-refractivity contribution is 5.85. The number of aryl methyl sites for hydroxylation is 1. The van der Waals surface area contributed by atoms with Crippen LogP contribution >= 0.6 is 12.4 Å². The molecule has 112 valence electrons. The first kappa shape index (κ1) is 17.0. The van der Waals surface area contributed by atoms with Gasteiger partial charge in [0, 0.05) is 26.1 Å². The minimum atomic E-state index is 0. The zero-order chi connectivity index (χ0) is 13.5. The van der Waals surface area contributed by atoms with Gasteiger partial charge in [0.05, 0.1) is 0 Å². The van der Waals surface area contributed by atoms with Crippen LogP contribution in [0.1, 0.15) is 37.3 Å². The fraction of sp³-hybridized carbons (Fsp3) is 0.562. The van der Waals surface area contributed by atoms with E-state index in [-0.39, 0.29) is 12.4 Å². The number of carbonyl (C=O) groups is 1. The molecular weight excluding hydrogens is 272 g/mol. The van der Waals surface area contributed by atoms with E-state index >= 15 is 0 Å². The summed E-state index contributed by atoms with van der Waals surface area (Å²) in [6, 6.07) is 8.77. The molecule has 4 heteroatoms. The summed E-state index contributed by atoms with van der Waals surface area (Å²) in [5.41, 5.74) is 2.71. The van der Waals surface area contributed by atoms with Gasteiger partial charge in [-0.2, -0.15) is 0 Å². The van der Waals surface area contributed by atoms with Gasteiger partial charge in [0.25, 0.3) is 0 Å². The van der Waals surface area contributed by atoms with E-state index in [4.69, 9.17) is 0 Å². The highest BCUT2D eigenvalue weighted by atomic mass is 35.5. The zero-order valence-electron chi connectivity index (χ0n) is 12.2. The van der Waals surface area contributed by atoms with E-state index in [0.29, 0.717) is 5.91 Å². The van der Waals surface area contributed by atoms with E-state index < -0.39 is 0 Å². The molecule has 2 rings (SSSR count). The summed E-state index contributed by atoms with van der Waals surface area (Å²) >= 11 is 0. The molecule has 1 aromatic carbocycles. The Hall–Kier alpha value is -1.06. The second kappa shape index (κ2) is 8.98. The molecule has 1 amide bonds. The Morgan fingerprint density at radius 3 is 2.50 bits per heavy atom. The van der Waals surface area contributed by atoms with Crippen LogP contribution in [-0.4, -0.2) is 30.4 Å². The summed E-state index contributed by atoms with van der Waals surface area (Å²) in [4.78, 5) is 13.4. The van der Waals surface area contributed by atoms with Crippen molar-refractivity contribution in [3.05, 3.63) is 35.4 Å². The first-order valence-corrected chi connectivity index (χ1v) is 7.36. The molecule has 3 nitrogen and oxygen atoms in total. The molecule has 1 heterocycles. The van der Waals surface area contributed by atoms with Crippen molar-refractivity contribution in [1.29, 1.82) is 0 Å². The molecule has 0 radical (unpaired) electrons. The van der Waals surface area contributed by atoms with Crippen molar-refractivity contribution in [2.45, 2.75) is 39.2 Å². The van der Waals surface area contributed by atoms with Crippen molar-refractivity contribution in [1.82, 2.24) is 10.2 Å². The van der Waals surface area contributed by atoms with Crippen molar-refractivity contribution >= 4 is 18.3 Å². The first-order chi connectivity index (χ1) is 9.29. The Kier molecular flexibility index (Phi) is 7.63. The SMILES string of the molecule is CCc1ccc(CNCCCN2CCCC2=O)cc1.Cl. The molecule has 0 unspecified atom stereocenters. The van der Waals surface area contributed by atoms with Crippen LogP contribution in [0, 0.1) is 0 Å². The third-order valence-corrected chi connectivity index (χ3v) is 3.71. The molecule has 1 aromatic rings. The highest BCUT2D eigenvalue weighted by Gasteiger charge is 2.18. The van der Waals surface area contributed by atoms with E-state index in [1.807, 2.05) is 4.90 Å². The molecule has 0 aliphatic carbocycles. The number of hydrogen-bond acceptors (Lipinski definition) is 2. The van der Waals surface area contributed by atoms with Crippen molar-refractivity contribution in [2.75, 3.05) is 19.6 Å². The Balaban J connectivity index is 0.00000200. The minimum absolute atomic E-state index is 0. The van der Waals surface area contributed by atoms with Gasteiger partial charge in [-0.05, 0) is 36.9 Å². The van der Waals surface area contributed by atoms with Crippen LogP contribution in [0.3, 0.4) is 0 Å². The van der Waals surface area contributed by atoms with Crippen molar-refractivity contribution in [3.8, 4) is 0 Å². The number of likely N-dealkylation sites (tertiary alicyclic amines) is 1. The van der Waals surface area contributed by atoms with Gasteiger partial charge in [-0.25, -0.2) is 0 Å². The normalized spacial score (nSPS) is 14.4. The molecule has 1 saturated heterocycles. The second-order valence-electron chi connectivity index (χ2n) is 5.18. The lowest BCUT2D eigenvalue weighted by Crippen LogP contribution is -2.28. The molecule has 0 spiro atoms. The Bertz CT molecular complexity index is 405. The third kappa shape index (κ3) is 5.14. The fourth-order valence-corrected chi connectivity index (χ4v) is 2.46. The fourth-order valence-electron chi connectivity index (χ4n) is 2.46. The van der Waals surface area contributed by atoms with Gasteiger partial charge >= 0.3 is 0 Å². The van der Waals surface area contributed by atoms with E-state index in [9.17, 15) is 4.79 Å². The Labute approximate surface area is 128 Å². The molecule has 0 atom stereocenters. The number of hydrogen-bond donors (Lipinski definition) is 1. The topological polar surface area (TPSA) is 32.3 Å².